The van der Waals surface area contributed by atoms with Crippen LogP contribution < -0.4 is 16.0 Å². The lowest BCUT2D eigenvalue weighted by Gasteiger charge is -2.26. The molecule has 6 heteroatoms. The topological polar surface area (TPSA) is 73.5 Å². The minimum Gasteiger partial charge on any atom is -0.385 e. The molecule has 0 atom stereocenters. The number of likely N-dealkylation sites (tertiary alicyclic amines) is 1. The minimum atomic E-state index is -0.210. The first-order valence-corrected chi connectivity index (χ1v) is 13.5. The number of ketones is 1. The number of anilines is 4. The number of carbonyl (C=O) groups excluding carboxylic acids is 2. The third kappa shape index (κ3) is 6.03. The van der Waals surface area contributed by atoms with Crippen LogP contribution in [0, 0.1) is 6.92 Å². The van der Waals surface area contributed by atoms with E-state index in [1.807, 2.05) is 54.6 Å². The number of hydrogen-bond donors (Lipinski definition) is 3. The summed E-state index contributed by atoms with van der Waals surface area (Å²) >= 11 is 0. The van der Waals surface area contributed by atoms with Crippen molar-refractivity contribution in [2.75, 3.05) is 42.1 Å². The lowest BCUT2D eigenvalue weighted by molar-refractivity contribution is 0.0995. The highest BCUT2D eigenvalue weighted by Gasteiger charge is 2.27. The zero-order chi connectivity index (χ0) is 25.6. The average molecular weight is 497 g/mol. The quantitative estimate of drug-likeness (QED) is 0.299. The van der Waals surface area contributed by atoms with Gasteiger partial charge in [-0.15, -0.1) is 0 Å². The van der Waals surface area contributed by atoms with E-state index < -0.39 is 0 Å². The Balaban J connectivity index is 1.20. The van der Waals surface area contributed by atoms with E-state index in [0.29, 0.717) is 29.7 Å². The van der Waals surface area contributed by atoms with Crippen LogP contribution in [0.1, 0.15) is 63.9 Å². The Morgan fingerprint density at radius 1 is 0.865 bits per heavy atom. The molecule has 1 fully saturated rings. The van der Waals surface area contributed by atoms with Gasteiger partial charge in [0.05, 0.1) is 5.69 Å². The summed E-state index contributed by atoms with van der Waals surface area (Å²) in [5.41, 5.74) is 6.83. The van der Waals surface area contributed by atoms with E-state index in [9.17, 15) is 9.59 Å². The Morgan fingerprint density at radius 3 is 2.41 bits per heavy atom. The molecule has 5 rings (SSSR count). The summed E-state index contributed by atoms with van der Waals surface area (Å²) in [6.45, 7) is 6.56. The molecule has 0 spiro atoms. The molecule has 192 valence electrons. The van der Waals surface area contributed by atoms with Crippen molar-refractivity contribution >= 4 is 34.4 Å². The maximum absolute atomic E-state index is 13.0. The molecule has 3 N–H and O–H groups in total. The summed E-state index contributed by atoms with van der Waals surface area (Å²) < 4.78 is 0. The van der Waals surface area contributed by atoms with E-state index in [1.54, 1.807) is 0 Å². The maximum atomic E-state index is 13.0. The van der Waals surface area contributed by atoms with Gasteiger partial charge in [-0.1, -0.05) is 24.6 Å². The normalized spacial score (nSPS) is 15.3. The molecule has 2 aliphatic rings. The highest BCUT2D eigenvalue weighted by molar-refractivity contribution is 6.12. The number of aryl methyl sites for hydroxylation is 1. The number of para-hydroxylation sites is 1. The highest BCUT2D eigenvalue weighted by atomic mass is 16.2. The number of carbonyl (C=O) groups is 2. The number of Topliss-reactive ketones (excluding diaryl/α,β-unsaturated/α-hetero) is 1. The van der Waals surface area contributed by atoms with Crippen molar-refractivity contribution in [1.82, 2.24) is 4.90 Å². The Hall–Kier alpha value is -3.64. The van der Waals surface area contributed by atoms with Crippen LogP contribution in [0.2, 0.25) is 0 Å². The van der Waals surface area contributed by atoms with Crippen LogP contribution in [-0.4, -0.2) is 42.8 Å². The van der Waals surface area contributed by atoms with Crippen LogP contribution in [0.15, 0.2) is 60.7 Å². The first-order valence-electron chi connectivity index (χ1n) is 13.5. The molecular formula is C31H36N4O2. The number of rotatable bonds is 9. The molecule has 1 saturated heterocycles. The number of hydrogen-bond acceptors (Lipinski definition) is 5. The molecule has 0 unspecified atom stereocenters. The van der Waals surface area contributed by atoms with Gasteiger partial charge in [0.15, 0.2) is 5.78 Å². The molecule has 1 amide bonds. The number of fused-ring (bicyclic) bond motifs is 1. The molecule has 0 bridgehead atoms. The predicted molar refractivity (Wildman–Crippen MR) is 151 cm³/mol. The predicted octanol–water partition coefficient (Wildman–Crippen LogP) is 6.41. The van der Waals surface area contributed by atoms with Crippen molar-refractivity contribution in [3.63, 3.8) is 0 Å². The van der Waals surface area contributed by atoms with Gasteiger partial charge in [0.2, 0.25) is 0 Å². The summed E-state index contributed by atoms with van der Waals surface area (Å²) in [4.78, 5) is 28.3. The second-order valence-corrected chi connectivity index (χ2v) is 10.1. The molecule has 0 saturated carbocycles. The Morgan fingerprint density at radius 2 is 1.62 bits per heavy atom. The van der Waals surface area contributed by atoms with Crippen molar-refractivity contribution < 1.29 is 9.59 Å². The minimum absolute atomic E-state index is 0.0721. The number of nitrogens with zero attached hydrogens (tertiary/aromatic N) is 1. The number of benzene rings is 3. The van der Waals surface area contributed by atoms with Crippen LogP contribution in [0.25, 0.3) is 0 Å². The Bertz CT molecular complexity index is 1260. The van der Waals surface area contributed by atoms with Crippen molar-refractivity contribution in [2.45, 2.75) is 45.4 Å². The molecule has 37 heavy (non-hydrogen) atoms. The Labute approximate surface area is 219 Å². The van der Waals surface area contributed by atoms with Crippen LogP contribution in [0.3, 0.4) is 0 Å². The third-order valence-electron chi connectivity index (χ3n) is 7.43. The van der Waals surface area contributed by atoms with Gasteiger partial charge in [0, 0.05) is 41.2 Å². The first-order chi connectivity index (χ1) is 18.1. The SMILES string of the molecule is Cc1ccccc1Nc1ccc(NC(=O)c2ccc(NCCCN3CCCCC3)cc2)c2c1CCC2=O. The second-order valence-electron chi connectivity index (χ2n) is 10.1. The van der Waals surface area contributed by atoms with Gasteiger partial charge in [-0.05, 0) is 106 Å². The van der Waals surface area contributed by atoms with Crippen molar-refractivity contribution in [2.24, 2.45) is 0 Å². The number of nitrogens with one attached hydrogen (secondary N) is 3. The van der Waals surface area contributed by atoms with Gasteiger partial charge in [0.1, 0.15) is 0 Å². The van der Waals surface area contributed by atoms with Crippen LogP contribution in [0.4, 0.5) is 22.7 Å². The summed E-state index contributed by atoms with van der Waals surface area (Å²) in [6.07, 6.45) is 6.25. The van der Waals surface area contributed by atoms with Gasteiger partial charge >= 0.3 is 0 Å². The molecule has 3 aromatic carbocycles. The van der Waals surface area contributed by atoms with E-state index in [0.717, 1.165) is 47.7 Å². The zero-order valence-corrected chi connectivity index (χ0v) is 21.6. The van der Waals surface area contributed by atoms with Crippen LogP contribution >= 0.6 is 0 Å². The van der Waals surface area contributed by atoms with E-state index in [1.165, 1.54) is 32.4 Å². The average Bonchev–Trinajstić information content (AvgIpc) is 3.32. The third-order valence-corrected chi connectivity index (χ3v) is 7.43. The van der Waals surface area contributed by atoms with Gasteiger partial charge in [-0.2, -0.15) is 0 Å². The van der Waals surface area contributed by atoms with E-state index in [-0.39, 0.29) is 11.7 Å². The summed E-state index contributed by atoms with van der Waals surface area (Å²) in [5, 5.41) is 9.92. The van der Waals surface area contributed by atoms with E-state index in [2.05, 4.69) is 33.8 Å². The van der Waals surface area contributed by atoms with Crippen molar-refractivity contribution in [1.29, 1.82) is 0 Å². The smallest absolute Gasteiger partial charge is 0.255 e. The maximum Gasteiger partial charge on any atom is 0.255 e. The monoisotopic (exact) mass is 496 g/mol. The summed E-state index contributed by atoms with van der Waals surface area (Å²) in [5.74, 6) is -0.138. The van der Waals surface area contributed by atoms with Gasteiger partial charge in [0.25, 0.3) is 5.91 Å². The van der Waals surface area contributed by atoms with Gasteiger partial charge in [-0.3, -0.25) is 9.59 Å². The molecule has 1 aliphatic carbocycles. The van der Waals surface area contributed by atoms with Crippen LogP contribution in [-0.2, 0) is 6.42 Å². The largest absolute Gasteiger partial charge is 0.385 e. The standard InChI is InChI=1S/C31H36N4O2/c1-22-8-3-4-9-26(22)33-27-15-16-28(30-25(27)14-17-29(30)36)34-31(37)23-10-12-24(13-11-23)32-18-7-21-35-19-5-2-6-20-35/h3-4,8-13,15-16,32-33H,2,5-7,14,17-21H2,1H3,(H,34,37). The fourth-order valence-corrected chi connectivity index (χ4v) is 5.32. The van der Waals surface area contributed by atoms with E-state index >= 15 is 0 Å². The van der Waals surface area contributed by atoms with Gasteiger partial charge < -0.3 is 20.9 Å². The van der Waals surface area contributed by atoms with Crippen LogP contribution in [0.5, 0.6) is 0 Å². The summed E-state index contributed by atoms with van der Waals surface area (Å²) in [7, 11) is 0. The lowest BCUT2D eigenvalue weighted by atomic mass is 10.0. The Kier molecular flexibility index (Phi) is 7.85. The second kappa shape index (κ2) is 11.6. The molecule has 0 aromatic heterocycles. The molecule has 3 aromatic rings. The summed E-state index contributed by atoms with van der Waals surface area (Å²) in [6, 6.07) is 19.4. The zero-order valence-electron chi connectivity index (χ0n) is 21.6. The molecule has 0 radical (unpaired) electrons. The lowest BCUT2D eigenvalue weighted by Crippen LogP contribution is -2.31. The van der Waals surface area contributed by atoms with Gasteiger partial charge in [-0.25, -0.2) is 0 Å². The number of piperidine rings is 1. The molecule has 1 heterocycles. The first kappa shape index (κ1) is 25.0. The van der Waals surface area contributed by atoms with Crippen molar-refractivity contribution in [3.8, 4) is 0 Å². The fourth-order valence-electron chi connectivity index (χ4n) is 5.32. The molecule has 1 aliphatic heterocycles. The number of amides is 1. The van der Waals surface area contributed by atoms with E-state index in [4.69, 9.17) is 0 Å². The van der Waals surface area contributed by atoms with Crippen molar-refractivity contribution in [3.05, 3.63) is 82.9 Å². The molecule has 6 nitrogen and oxygen atoms in total. The highest BCUT2D eigenvalue weighted by Crippen LogP contribution is 2.36. The fraction of sp³-hybridized carbons (Fsp3) is 0.355. The molecular weight excluding hydrogens is 460 g/mol.